The highest BCUT2D eigenvalue weighted by atomic mass is 32.2. The summed E-state index contributed by atoms with van der Waals surface area (Å²) >= 11 is 0. The Balaban J connectivity index is 3.12. The lowest BCUT2D eigenvalue weighted by atomic mass is 10.5. The lowest BCUT2D eigenvalue weighted by molar-refractivity contribution is 0.199. The number of ether oxygens (including phenoxy) is 1. The van der Waals surface area contributed by atoms with Crippen LogP contribution in [0.5, 0.6) is 0 Å². The third kappa shape index (κ3) is 9.83. The molecule has 0 spiro atoms. The average molecular weight is 197 g/mol. The largest absolute Gasteiger partial charge is 0.383 e. The van der Waals surface area contributed by atoms with E-state index in [4.69, 9.17) is 9.29 Å². The molecule has 0 radical (unpaired) electrons. The van der Waals surface area contributed by atoms with Crippen molar-refractivity contribution in [2.24, 2.45) is 0 Å². The predicted octanol–water partition coefficient (Wildman–Crippen LogP) is -0.500. The van der Waals surface area contributed by atoms with Gasteiger partial charge in [0.1, 0.15) is 0 Å². The number of hydrogen-bond donors (Lipinski definition) is 2. The van der Waals surface area contributed by atoms with Crippen molar-refractivity contribution in [3.8, 4) is 0 Å². The Labute approximate surface area is 72.9 Å². The van der Waals surface area contributed by atoms with Gasteiger partial charge in [0.05, 0.1) is 12.4 Å². The number of nitrogens with one attached hydrogen (secondary N) is 1. The minimum atomic E-state index is -3.79. The molecule has 0 aliphatic heterocycles. The summed E-state index contributed by atoms with van der Waals surface area (Å²) in [6.07, 6.45) is 0.419. The molecule has 0 aromatic carbocycles. The first-order valence-electron chi connectivity index (χ1n) is 3.71. The van der Waals surface area contributed by atoms with Crippen molar-refractivity contribution in [2.75, 3.05) is 32.6 Å². The zero-order valence-corrected chi connectivity index (χ0v) is 7.93. The summed E-state index contributed by atoms with van der Waals surface area (Å²) in [6, 6.07) is 0. The van der Waals surface area contributed by atoms with E-state index in [1.54, 1.807) is 7.11 Å². The van der Waals surface area contributed by atoms with E-state index < -0.39 is 10.1 Å². The van der Waals surface area contributed by atoms with E-state index in [9.17, 15) is 8.42 Å². The number of hydrogen-bond acceptors (Lipinski definition) is 4. The molecular formula is C6H15NO4S. The van der Waals surface area contributed by atoms with E-state index in [-0.39, 0.29) is 5.75 Å². The molecule has 0 saturated carbocycles. The molecule has 0 aliphatic carbocycles. The number of methoxy groups -OCH3 is 1. The molecular weight excluding hydrogens is 182 g/mol. The summed E-state index contributed by atoms with van der Waals surface area (Å²) in [5.41, 5.74) is 0. The van der Waals surface area contributed by atoms with Crippen molar-refractivity contribution in [3.05, 3.63) is 0 Å². The molecule has 0 aromatic heterocycles. The van der Waals surface area contributed by atoms with E-state index >= 15 is 0 Å². The van der Waals surface area contributed by atoms with Crippen molar-refractivity contribution in [2.45, 2.75) is 6.42 Å². The Kier molecular flexibility index (Phi) is 6.27. The maximum atomic E-state index is 10.2. The van der Waals surface area contributed by atoms with Gasteiger partial charge in [0.2, 0.25) is 0 Å². The van der Waals surface area contributed by atoms with Crippen molar-refractivity contribution >= 4 is 10.1 Å². The fourth-order valence-electron chi connectivity index (χ4n) is 0.679. The Morgan fingerprint density at radius 3 is 2.58 bits per heavy atom. The third-order valence-corrected chi connectivity index (χ3v) is 2.04. The van der Waals surface area contributed by atoms with Crippen LogP contribution in [0.3, 0.4) is 0 Å². The first-order valence-corrected chi connectivity index (χ1v) is 5.32. The van der Waals surface area contributed by atoms with E-state index in [1.807, 2.05) is 0 Å². The molecule has 5 nitrogen and oxygen atoms in total. The van der Waals surface area contributed by atoms with Crippen LogP contribution in [0.4, 0.5) is 0 Å². The second kappa shape index (κ2) is 6.36. The summed E-state index contributed by atoms with van der Waals surface area (Å²) in [4.78, 5) is 0. The topological polar surface area (TPSA) is 75.6 Å². The molecule has 6 heteroatoms. The van der Waals surface area contributed by atoms with Gasteiger partial charge in [0.25, 0.3) is 10.1 Å². The van der Waals surface area contributed by atoms with Gasteiger partial charge in [-0.05, 0) is 13.0 Å². The normalized spacial score (nSPS) is 11.8. The molecule has 0 heterocycles. The summed E-state index contributed by atoms with van der Waals surface area (Å²) in [5, 5.41) is 2.96. The fraction of sp³-hybridized carbons (Fsp3) is 1.00. The van der Waals surface area contributed by atoms with Gasteiger partial charge in [0.15, 0.2) is 0 Å². The quantitative estimate of drug-likeness (QED) is 0.425. The van der Waals surface area contributed by atoms with Gasteiger partial charge in [-0.25, -0.2) is 0 Å². The Morgan fingerprint density at radius 1 is 1.42 bits per heavy atom. The summed E-state index contributed by atoms with van der Waals surface area (Å²) in [7, 11) is -2.19. The molecule has 0 aliphatic rings. The molecule has 74 valence electrons. The molecule has 0 bridgehead atoms. The SMILES string of the molecule is COCCNCCCS(=O)(=O)O. The summed E-state index contributed by atoms with van der Waals surface area (Å²) in [5.74, 6) is -0.188. The molecule has 0 aromatic rings. The van der Waals surface area contributed by atoms with Gasteiger partial charge in [-0.3, -0.25) is 4.55 Å². The van der Waals surface area contributed by atoms with Crippen LogP contribution in [0.15, 0.2) is 0 Å². The molecule has 0 saturated heterocycles. The fourth-order valence-corrected chi connectivity index (χ4v) is 1.19. The van der Waals surface area contributed by atoms with Crippen LogP contribution in [0.1, 0.15) is 6.42 Å². The first-order chi connectivity index (χ1) is 5.56. The molecule has 0 fully saturated rings. The molecule has 0 amide bonds. The summed E-state index contributed by atoms with van der Waals surface area (Å²) in [6.45, 7) is 1.87. The third-order valence-electron chi connectivity index (χ3n) is 1.24. The average Bonchev–Trinajstić information content (AvgIpc) is 1.94. The Morgan fingerprint density at radius 2 is 2.08 bits per heavy atom. The summed E-state index contributed by atoms with van der Waals surface area (Å²) < 4.78 is 33.5. The zero-order chi connectivity index (χ0) is 9.45. The van der Waals surface area contributed by atoms with Crippen molar-refractivity contribution in [1.29, 1.82) is 0 Å². The van der Waals surface area contributed by atoms with Gasteiger partial charge < -0.3 is 10.1 Å². The molecule has 0 rings (SSSR count). The van der Waals surface area contributed by atoms with Crippen molar-refractivity contribution in [1.82, 2.24) is 5.32 Å². The van der Waals surface area contributed by atoms with Gasteiger partial charge in [0, 0.05) is 13.7 Å². The highest BCUT2D eigenvalue weighted by Gasteiger charge is 2.02. The second-order valence-electron chi connectivity index (χ2n) is 2.38. The second-order valence-corrected chi connectivity index (χ2v) is 3.95. The van der Waals surface area contributed by atoms with Crippen molar-refractivity contribution in [3.63, 3.8) is 0 Å². The minimum Gasteiger partial charge on any atom is -0.383 e. The first kappa shape index (κ1) is 11.8. The molecule has 0 unspecified atom stereocenters. The van der Waals surface area contributed by atoms with Crippen LogP contribution in [0.2, 0.25) is 0 Å². The lowest BCUT2D eigenvalue weighted by Crippen LogP contribution is -2.22. The number of rotatable bonds is 7. The molecule has 0 atom stereocenters. The lowest BCUT2D eigenvalue weighted by Gasteiger charge is -2.01. The van der Waals surface area contributed by atoms with Crippen molar-refractivity contribution < 1.29 is 17.7 Å². The highest BCUT2D eigenvalue weighted by Crippen LogP contribution is 1.85. The van der Waals surface area contributed by atoms with E-state index in [0.29, 0.717) is 26.1 Å². The van der Waals surface area contributed by atoms with Crippen LogP contribution < -0.4 is 5.32 Å². The molecule has 2 N–H and O–H groups in total. The van der Waals surface area contributed by atoms with E-state index in [0.717, 1.165) is 0 Å². The van der Waals surface area contributed by atoms with Crippen LogP contribution >= 0.6 is 0 Å². The van der Waals surface area contributed by atoms with Gasteiger partial charge in [-0.15, -0.1) is 0 Å². The Hall–Kier alpha value is -0.170. The van der Waals surface area contributed by atoms with Gasteiger partial charge in [-0.2, -0.15) is 8.42 Å². The van der Waals surface area contributed by atoms with Crippen LogP contribution in [-0.4, -0.2) is 45.5 Å². The van der Waals surface area contributed by atoms with E-state index in [1.165, 1.54) is 0 Å². The zero-order valence-electron chi connectivity index (χ0n) is 7.12. The maximum absolute atomic E-state index is 10.2. The van der Waals surface area contributed by atoms with Gasteiger partial charge >= 0.3 is 0 Å². The molecule has 12 heavy (non-hydrogen) atoms. The van der Waals surface area contributed by atoms with Crippen LogP contribution in [-0.2, 0) is 14.9 Å². The standard InChI is InChI=1S/C6H15NO4S/c1-11-5-4-7-3-2-6-12(8,9)10/h7H,2-6H2,1H3,(H,8,9,10). The smallest absolute Gasteiger partial charge is 0.264 e. The minimum absolute atomic E-state index is 0.188. The Bertz CT molecular complexity index is 190. The monoisotopic (exact) mass is 197 g/mol. The highest BCUT2D eigenvalue weighted by molar-refractivity contribution is 7.85. The predicted molar refractivity (Wildman–Crippen MR) is 45.8 cm³/mol. The van der Waals surface area contributed by atoms with Crippen LogP contribution in [0, 0.1) is 0 Å². The van der Waals surface area contributed by atoms with E-state index in [2.05, 4.69) is 5.32 Å². The van der Waals surface area contributed by atoms with Gasteiger partial charge in [-0.1, -0.05) is 0 Å². The van der Waals surface area contributed by atoms with Crippen LogP contribution in [0.25, 0.3) is 0 Å². The maximum Gasteiger partial charge on any atom is 0.264 e.